The largest absolute Gasteiger partial charge is 0.416 e. The maximum absolute atomic E-state index is 13.6. The number of halogens is 3. The molecule has 5 aromatic rings. The summed E-state index contributed by atoms with van der Waals surface area (Å²) in [6.07, 6.45) is -4.59. The van der Waals surface area contributed by atoms with Gasteiger partial charge in [0.2, 0.25) is 5.91 Å². The molecule has 5 rings (SSSR count). The van der Waals surface area contributed by atoms with Crippen molar-refractivity contribution in [3.8, 4) is 5.69 Å². The van der Waals surface area contributed by atoms with Crippen LogP contribution in [-0.2, 0) is 11.0 Å². The van der Waals surface area contributed by atoms with Crippen molar-refractivity contribution in [2.45, 2.75) is 25.2 Å². The van der Waals surface area contributed by atoms with Crippen molar-refractivity contribution in [2.75, 3.05) is 11.1 Å². The van der Waals surface area contributed by atoms with Gasteiger partial charge in [-0.25, -0.2) is 4.98 Å². The Labute approximate surface area is 213 Å². The van der Waals surface area contributed by atoms with E-state index in [0.717, 1.165) is 39.6 Å². The van der Waals surface area contributed by atoms with E-state index in [4.69, 9.17) is 0 Å². The molecule has 0 atom stereocenters. The van der Waals surface area contributed by atoms with Crippen LogP contribution in [0.4, 0.5) is 18.9 Å². The Morgan fingerprint density at radius 3 is 2.59 bits per heavy atom. The number of rotatable bonds is 5. The van der Waals surface area contributed by atoms with Crippen molar-refractivity contribution < 1.29 is 18.0 Å². The number of carbonyl (C=O) groups is 1. The van der Waals surface area contributed by atoms with Crippen molar-refractivity contribution >= 4 is 45.3 Å². The lowest BCUT2D eigenvalue weighted by Gasteiger charge is -2.14. The van der Waals surface area contributed by atoms with Crippen molar-refractivity contribution in [1.29, 1.82) is 0 Å². The van der Waals surface area contributed by atoms with Gasteiger partial charge < -0.3 is 10.3 Å². The predicted octanol–water partition coefficient (Wildman–Crippen LogP) is 6.23. The zero-order valence-electron chi connectivity index (χ0n) is 19.8. The number of aryl methyl sites for hydroxylation is 2. The molecule has 2 N–H and O–H groups in total. The third-order valence-corrected chi connectivity index (χ3v) is 6.85. The number of alkyl halides is 3. The molecule has 0 bridgehead atoms. The minimum atomic E-state index is -4.59. The van der Waals surface area contributed by atoms with Crippen LogP contribution in [0.1, 0.15) is 16.7 Å². The van der Waals surface area contributed by atoms with Crippen molar-refractivity contribution in [3.05, 3.63) is 93.8 Å². The van der Waals surface area contributed by atoms with Gasteiger partial charge in [0.25, 0.3) is 5.56 Å². The Kier molecular flexibility index (Phi) is 6.28. The zero-order valence-corrected chi connectivity index (χ0v) is 20.6. The lowest BCUT2D eigenvalue weighted by Crippen LogP contribution is -2.23. The minimum Gasteiger partial charge on any atom is -0.349 e. The molecule has 2 aromatic heterocycles. The van der Waals surface area contributed by atoms with Gasteiger partial charge >= 0.3 is 6.18 Å². The standard InChI is InChI=1S/C27H21F3N4O2S/c1-15-10-11-20(16(2)12-15)31-22(35)14-37-26-33-23-19-8-3-4-9-21(19)32-24(23)25(36)34(26)18-7-5-6-17(13-18)27(28,29)30/h3-13,32H,14H2,1-2H3,(H,31,35). The molecule has 0 saturated carbocycles. The smallest absolute Gasteiger partial charge is 0.349 e. The fourth-order valence-corrected chi connectivity index (χ4v) is 4.96. The summed E-state index contributed by atoms with van der Waals surface area (Å²) in [7, 11) is 0. The first-order valence-electron chi connectivity index (χ1n) is 11.3. The third-order valence-electron chi connectivity index (χ3n) is 5.91. The fourth-order valence-electron chi connectivity index (χ4n) is 4.16. The van der Waals surface area contributed by atoms with Gasteiger partial charge in [-0.2, -0.15) is 13.2 Å². The number of thioether (sulfide) groups is 1. The number of para-hydroxylation sites is 1. The number of nitrogens with one attached hydrogen (secondary N) is 2. The average Bonchev–Trinajstić information content (AvgIpc) is 3.23. The summed E-state index contributed by atoms with van der Waals surface area (Å²) in [4.78, 5) is 34.0. The van der Waals surface area contributed by atoms with Crippen LogP contribution in [0, 0.1) is 13.8 Å². The summed E-state index contributed by atoms with van der Waals surface area (Å²) < 4.78 is 41.4. The number of nitrogens with zero attached hydrogens (tertiary/aromatic N) is 2. The second-order valence-electron chi connectivity index (χ2n) is 8.63. The number of anilines is 1. The van der Waals surface area contributed by atoms with E-state index in [9.17, 15) is 22.8 Å². The lowest BCUT2D eigenvalue weighted by molar-refractivity contribution is -0.137. The normalized spacial score (nSPS) is 11.8. The molecule has 188 valence electrons. The Bertz CT molecular complexity index is 1720. The summed E-state index contributed by atoms with van der Waals surface area (Å²) in [5.41, 5.74) is 2.41. The SMILES string of the molecule is Cc1ccc(NC(=O)CSc2nc3c([nH]c4ccccc43)c(=O)n2-c2cccc(C(F)(F)F)c2)c(C)c1. The number of aromatic amines is 1. The first kappa shape index (κ1) is 24.6. The second kappa shape index (κ2) is 9.44. The van der Waals surface area contributed by atoms with Crippen LogP contribution >= 0.6 is 11.8 Å². The fraction of sp³-hybridized carbons (Fsp3) is 0.148. The van der Waals surface area contributed by atoms with Gasteiger partial charge in [0.1, 0.15) is 11.0 Å². The quantitative estimate of drug-likeness (QED) is 0.212. The number of hydrogen-bond acceptors (Lipinski definition) is 4. The van der Waals surface area contributed by atoms with Crippen LogP contribution in [-0.4, -0.2) is 26.2 Å². The highest BCUT2D eigenvalue weighted by Crippen LogP contribution is 2.32. The zero-order chi connectivity index (χ0) is 26.3. The molecule has 1 amide bonds. The van der Waals surface area contributed by atoms with Crippen LogP contribution in [0.5, 0.6) is 0 Å². The number of hydrogen-bond donors (Lipinski definition) is 2. The number of carbonyl (C=O) groups excluding carboxylic acids is 1. The maximum atomic E-state index is 13.6. The highest BCUT2D eigenvalue weighted by molar-refractivity contribution is 7.99. The molecule has 0 aliphatic carbocycles. The molecule has 0 spiro atoms. The van der Waals surface area contributed by atoms with E-state index < -0.39 is 17.3 Å². The molecule has 0 aliphatic rings. The van der Waals surface area contributed by atoms with Gasteiger partial charge in [-0.15, -0.1) is 0 Å². The van der Waals surface area contributed by atoms with E-state index in [2.05, 4.69) is 15.3 Å². The third kappa shape index (κ3) is 4.84. The molecule has 0 saturated heterocycles. The van der Waals surface area contributed by atoms with Crippen LogP contribution in [0.2, 0.25) is 0 Å². The van der Waals surface area contributed by atoms with Crippen molar-refractivity contribution in [2.24, 2.45) is 0 Å². The van der Waals surface area contributed by atoms with Gasteiger partial charge in [-0.3, -0.25) is 14.2 Å². The predicted molar refractivity (Wildman–Crippen MR) is 139 cm³/mol. The van der Waals surface area contributed by atoms with Gasteiger partial charge in [0.05, 0.1) is 17.0 Å². The molecule has 0 fully saturated rings. The molecule has 37 heavy (non-hydrogen) atoms. The van der Waals surface area contributed by atoms with E-state index in [1.165, 1.54) is 12.1 Å². The summed E-state index contributed by atoms with van der Waals surface area (Å²) >= 11 is 0.977. The second-order valence-corrected chi connectivity index (χ2v) is 9.57. The van der Waals surface area contributed by atoms with E-state index in [0.29, 0.717) is 22.1 Å². The molecule has 0 aliphatic heterocycles. The number of fused-ring (bicyclic) bond motifs is 3. The van der Waals surface area contributed by atoms with Crippen molar-refractivity contribution in [1.82, 2.24) is 14.5 Å². The van der Waals surface area contributed by atoms with Crippen LogP contribution in [0.3, 0.4) is 0 Å². The van der Waals surface area contributed by atoms with E-state index in [-0.39, 0.29) is 28.0 Å². The van der Waals surface area contributed by atoms with Crippen LogP contribution in [0.15, 0.2) is 76.7 Å². The first-order valence-corrected chi connectivity index (χ1v) is 12.3. The van der Waals surface area contributed by atoms with Gasteiger partial charge in [0.15, 0.2) is 5.16 Å². The maximum Gasteiger partial charge on any atom is 0.416 e. The van der Waals surface area contributed by atoms with Gasteiger partial charge in [0, 0.05) is 16.6 Å². The van der Waals surface area contributed by atoms with Crippen LogP contribution in [0.25, 0.3) is 27.6 Å². The van der Waals surface area contributed by atoms with Gasteiger partial charge in [-0.1, -0.05) is 53.7 Å². The summed E-state index contributed by atoms with van der Waals surface area (Å²) in [5.74, 6) is -0.437. The summed E-state index contributed by atoms with van der Waals surface area (Å²) in [6, 6.07) is 17.3. The number of benzene rings is 3. The van der Waals surface area contributed by atoms with Gasteiger partial charge in [-0.05, 0) is 49.7 Å². The summed E-state index contributed by atoms with van der Waals surface area (Å²) in [6.45, 7) is 3.83. The molecule has 6 nitrogen and oxygen atoms in total. The average molecular weight is 523 g/mol. The summed E-state index contributed by atoms with van der Waals surface area (Å²) in [5, 5.41) is 3.65. The van der Waals surface area contributed by atoms with Crippen LogP contribution < -0.4 is 10.9 Å². The molecule has 10 heteroatoms. The van der Waals surface area contributed by atoms with E-state index in [1.54, 1.807) is 24.3 Å². The molecular formula is C27H21F3N4O2S. The number of aromatic nitrogens is 3. The van der Waals surface area contributed by atoms with Crippen molar-refractivity contribution in [3.63, 3.8) is 0 Å². The Balaban J connectivity index is 1.58. The molecule has 3 aromatic carbocycles. The topological polar surface area (TPSA) is 79.8 Å². The molecule has 2 heterocycles. The molecule has 0 radical (unpaired) electrons. The van der Waals surface area contributed by atoms with E-state index in [1.807, 2.05) is 32.0 Å². The molecule has 0 unspecified atom stereocenters. The lowest BCUT2D eigenvalue weighted by atomic mass is 10.1. The van der Waals surface area contributed by atoms with E-state index >= 15 is 0 Å². The molecular weight excluding hydrogens is 501 g/mol. The highest BCUT2D eigenvalue weighted by atomic mass is 32.2. The Hall–Kier alpha value is -4.05. The Morgan fingerprint density at radius 1 is 1.05 bits per heavy atom. The number of amides is 1. The first-order chi connectivity index (χ1) is 17.6. The Morgan fingerprint density at radius 2 is 1.84 bits per heavy atom. The highest BCUT2D eigenvalue weighted by Gasteiger charge is 2.31. The monoisotopic (exact) mass is 522 g/mol. The minimum absolute atomic E-state index is 0.00479. The number of H-pyrrole nitrogens is 1.